The van der Waals surface area contributed by atoms with Crippen LogP contribution >= 0.6 is 0 Å². The number of hydrogen-bond donors (Lipinski definition) is 4. The Kier molecular flexibility index (Phi) is 5.78. The van der Waals surface area contributed by atoms with E-state index in [-0.39, 0.29) is 5.69 Å². The van der Waals surface area contributed by atoms with Crippen LogP contribution in [-0.4, -0.2) is 69.8 Å². The van der Waals surface area contributed by atoms with Crippen molar-refractivity contribution in [3.05, 3.63) is 30.3 Å². The summed E-state index contributed by atoms with van der Waals surface area (Å²) in [5, 5.41) is 37.9. The lowest BCUT2D eigenvalue weighted by Crippen LogP contribution is -2.59. The van der Waals surface area contributed by atoms with Gasteiger partial charge in [-0.1, -0.05) is 18.2 Å². The van der Waals surface area contributed by atoms with Crippen LogP contribution in [0.4, 0.5) is 18.9 Å². The molecule has 0 saturated carbocycles. The maximum atomic E-state index is 13.1. The van der Waals surface area contributed by atoms with Crippen molar-refractivity contribution in [1.29, 1.82) is 0 Å². The third-order valence-electron chi connectivity index (χ3n) is 3.31. The van der Waals surface area contributed by atoms with Gasteiger partial charge in [0.05, 0.1) is 12.3 Å². The highest BCUT2D eigenvalue weighted by Crippen LogP contribution is 2.27. The highest BCUT2D eigenvalue weighted by atomic mass is 19.4. The third kappa shape index (κ3) is 4.22. The summed E-state index contributed by atoms with van der Waals surface area (Å²) in [5.74, 6) is -1.70. The van der Waals surface area contributed by atoms with Crippen molar-refractivity contribution >= 4 is 11.6 Å². The minimum absolute atomic E-state index is 0.0468. The molecule has 24 heavy (non-hydrogen) atoms. The Morgan fingerprint density at radius 2 is 1.71 bits per heavy atom. The number of halogens is 3. The lowest BCUT2D eigenvalue weighted by molar-refractivity contribution is -0.285. The van der Waals surface area contributed by atoms with Crippen LogP contribution in [0.25, 0.3) is 0 Å². The molecule has 0 spiro atoms. The zero-order valence-electron chi connectivity index (χ0n) is 12.2. The first kappa shape index (κ1) is 18.6. The standard InChI is InChI=1S/C14H16F3NO6/c15-14(16,17)13(18-7-4-2-1-3-5-7)24-12-11(22)10(21)9(20)8(6-19)23-12/h1-5,8-12,19-22H,6H2/t8-,9-,10-,11+,12+/m0/s1. The van der Waals surface area contributed by atoms with Crippen LogP contribution in [0.5, 0.6) is 0 Å². The molecule has 134 valence electrons. The first-order chi connectivity index (χ1) is 11.2. The lowest BCUT2D eigenvalue weighted by Gasteiger charge is -2.39. The number of nitrogens with zero attached hydrogens (tertiary/aromatic N) is 1. The third-order valence-corrected chi connectivity index (χ3v) is 3.31. The van der Waals surface area contributed by atoms with E-state index in [1.54, 1.807) is 6.07 Å². The van der Waals surface area contributed by atoms with Crippen molar-refractivity contribution in [1.82, 2.24) is 0 Å². The highest BCUT2D eigenvalue weighted by Gasteiger charge is 2.48. The van der Waals surface area contributed by atoms with Gasteiger partial charge in [-0.05, 0) is 12.1 Å². The molecule has 1 aliphatic heterocycles. The Hall–Kier alpha value is -1.72. The molecule has 0 aromatic heterocycles. The van der Waals surface area contributed by atoms with Gasteiger partial charge in [-0.2, -0.15) is 13.2 Å². The van der Waals surface area contributed by atoms with Crippen LogP contribution < -0.4 is 0 Å². The monoisotopic (exact) mass is 351 g/mol. The first-order valence-electron chi connectivity index (χ1n) is 6.92. The molecule has 7 nitrogen and oxygen atoms in total. The molecule has 0 radical (unpaired) electrons. The summed E-state index contributed by atoms with van der Waals surface area (Å²) in [6.45, 7) is -0.790. The Bertz CT molecular complexity index is 565. The van der Waals surface area contributed by atoms with Crippen molar-refractivity contribution < 1.29 is 43.1 Å². The topological polar surface area (TPSA) is 112 Å². The van der Waals surface area contributed by atoms with Gasteiger partial charge in [0.25, 0.3) is 5.90 Å². The average molecular weight is 351 g/mol. The smallest absolute Gasteiger partial charge is 0.441 e. The Morgan fingerprint density at radius 1 is 1.08 bits per heavy atom. The molecule has 10 heteroatoms. The molecule has 0 bridgehead atoms. The average Bonchev–Trinajstić information content (AvgIpc) is 2.54. The summed E-state index contributed by atoms with van der Waals surface area (Å²) >= 11 is 0. The molecule has 0 amide bonds. The Balaban J connectivity index is 2.25. The maximum Gasteiger partial charge on any atom is 0.468 e. The zero-order valence-corrected chi connectivity index (χ0v) is 12.2. The summed E-state index contributed by atoms with van der Waals surface area (Å²) in [6, 6.07) is 7.15. The second kappa shape index (κ2) is 7.45. The van der Waals surface area contributed by atoms with Crippen LogP contribution in [-0.2, 0) is 9.47 Å². The molecule has 1 fully saturated rings. The fourth-order valence-electron chi connectivity index (χ4n) is 2.05. The van der Waals surface area contributed by atoms with E-state index in [9.17, 15) is 28.5 Å². The van der Waals surface area contributed by atoms with Crippen LogP contribution in [0, 0.1) is 0 Å². The normalized spacial score (nSPS) is 31.8. The Morgan fingerprint density at radius 3 is 2.25 bits per heavy atom. The molecule has 1 heterocycles. The first-order valence-corrected chi connectivity index (χ1v) is 6.92. The van der Waals surface area contributed by atoms with Gasteiger partial charge in [0, 0.05) is 0 Å². The molecule has 2 rings (SSSR count). The predicted octanol–water partition coefficient (Wildman–Crippen LogP) is 0.0954. The van der Waals surface area contributed by atoms with Gasteiger partial charge in [0.1, 0.15) is 24.4 Å². The van der Waals surface area contributed by atoms with Gasteiger partial charge in [-0.15, -0.1) is 0 Å². The number of ether oxygens (including phenoxy) is 2. The number of rotatable bonds is 3. The van der Waals surface area contributed by atoms with Gasteiger partial charge >= 0.3 is 6.18 Å². The zero-order chi connectivity index (χ0) is 17.9. The van der Waals surface area contributed by atoms with Crippen molar-refractivity contribution in [2.24, 2.45) is 4.99 Å². The van der Waals surface area contributed by atoms with Gasteiger partial charge in [-0.3, -0.25) is 0 Å². The largest absolute Gasteiger partial charge is 0.468 e. The number of aliphatic imine (C=N–C) groups is 1. The van der Waals surface area contributed by atoms with Gasteiger partial charge in [0.2, 0.25) is 6.29 Å². The highest BCUT2D eigenvalue weighted by molar-refractivity contribution is 5.84. The summed E-state index contributed by atoms with van der Waals surface area (Å²) < 4.78 is 48.7. The van der Waals surface area contributed by atoms with Crippen LogP contribution in [0.1, 0.15) is 0 Å². The van der Waals surface area contributed by atoms with Gasteiger partial charge < -0.3 is 29.9 Å². The second-order valence-corrected chi connectivity index (χ2v) is 5.07. The molecule has 5 atom stereocenters. The number of benzene rings is 1. The molecule has 1 aromatic rings. The van der Waals surface area contributed by atoms with Crippen molar-refractivity contribution in [2.75, 3.05) is 6.61 Å². The molecule has 1 aliphatic rings. The molecule has 0 unspecified atom stereocenters. The van der Waals surface area contributed by atoms with E-state index in [1.165, 1.54) is 24.3 Å². The molecule has 1 aromatic carbocycles. The second-order valence-electron chi connectivity index (χ2n) is 5.07. The molecular weight excluding hydrogens is 335 g/mol. The number of alkyl halides is 3. The minimum atomic E-state index is -4.99. The van der Waals surface area contributed by atoms with E-state index < -0.39 is 49.4 Å². The van der Waals surface area contributed by atoms with Gasteiger partial charge in [0.15, 0.2) is 0 Å². The SMILES string of the molecule is OC[C@@H]1O[C@H](OC(=Nc2ccccc2)C(F)(F)F)[C@H](O)[C@@H](O)[C@H]1O. The van der Waals surface area contributed by atoms with Crippen LogP contribution in [0.3, 0.4) is 0 Å². The van der Waals surface area contributed by atoms with E-state index in [4.69, 9.17) is 9.84 Å². The summed E-state index contributed by atoms with van der Waals surface area (Å²) in [5.41, 5.74) is -0.0468. The van der Waals surface area contributed by atoms with Crippen molar-refractivity contribution in [2.45, 2.75) is 36.9 Å². The lowest BCUT2D eigenvalue weighted by atomic mass is 9.99. The number of aliphatic hydroxyl groups excluding tert-OH is 4. The van der Waals surface area contributed by atoms with Crippen LogP contribution in [0.15, 0.2) is 35.3 Å². The summed E-state index contributed by atoms with van der Waals surface area (Å²) in [6.07, 6.45) is -13.9. The fraction of sp³-hybridized carbons (Fsp3) is 0.500. The maximum absolute atomic E-state index is 13.1. The van der Waals surface area contributed by atoms with E-state index in [1.807, 2.05) is 0 Å². The van der Waals surface area contributed by atoms with Gasteiger partial charge in [-0.25, -0.2) is 4.99 Å². The number of hydrogen-bond acceptors (Lipinski definition) is 7. The van der Waals surface area contributed by atoms with E-state index in [0.717, 1.165) is 0 Å². The minimum Gasteiger partial charge on any atom is -0.441 e. The molecular formula is C14H16F3NO6. The molecule has 0 aliphatic carbocycles. The fourth-order valence-corrected chi connectivity index (χ4v) is 2.05. The predicted molar refractivity (Wildman–Crippen MR) is 74.4 cm³/mol. The van der Waals surface area contributed by atoms with Crippen molar-refractivity contribution in [3.63, 3.8) is 0 Å². The van der Waals surface area contributed by atoms with Crippen LogP contribution in [0.2, 0.25) is 0 Å². The number of para-hydroxylation sites is 1. The van der Waals surface area contributed by atoms with E-state index in [2.05, 4.69) is 9.73 Å². The van der Waals surface area contributed by atoms with E-state index >= 15 is 0 Å². The summed E-state index contributed by atoms with van der Waals surface area (Å²) in [4.78, 5) is 3.33. The quantitative estimate of drug-likeness (QED) is 0.454. The molecule has 4 N–H and O–H groups in total. The summed E-state index contributed by atoms with van der Waals surface area (Å²) in [7, 11) is 0. The Labute approximate surface area is 134 Å². The van der Waals surface area contributed by atoms with E-state index in [0.29, 0.717) is 0 Å². The number of aliphatic hydroxyl groups is 4. The molecule has 1 saturated heterocycles. The van der Waals surface area contributed by atoms with Crippen molar-refractivity contribution in [3.8, 4) is 0 Å².